The first kappa shape index (κ1) is 11.3. The minimum absolute atomic E-state index is 0.0835. The molecule has 1 fully saturated rings. The van der Waals surface area contributed by atoms with E-state index in [1.165, 1.54) is 0 Å². The van der Waals surface area contributed by atoms with Crippen molar-refractivity contribution >= 4 is 5.69 Å². The van der Waals surface area contributed by atoms with Gasteiger partial charge in [-0.1, -0.05) is 0 Å². The molecule has 0 spiro atoms. The highest BCUT2D eigenvalue weighted by atomic mass is 19.1. The molecule has 0 radical (unpaired) electrons. The van der Waals surface area contributed by atoms with Gasteiger partial charge in [-0.15, -0.1) is 0 Å². The van der Waals surface area contributed by atoms with E-state index in [0.29, 0.717) is 6.54 Å². The van der Waals surface area contributed by atoms with E-state index in [1.807, 2.05) is 24.9 Å². The fraction of sp³-hybridized carbons (Fsp3) is 0.583. The van der Waals surface area contributed by atoms with Gasteiger partial charge in [0, 0.05) is 25.5 Å². The maximum atomic E-state index is 13.8. The molecular weight excluding hydrogens is 205 g/mol. The summed E-state index contributed by atoms with van der Waals surface area (Å²) in [7, 11) is 1.96. The number of aryl methyl sites for hydroxylation is 1. The summed E-state index contributed by atoms with van der Waals surface area (Å²) >= 11 is 0. The second kappa shape index (κ2) is 4.78. The topological polar surface area (TPSA) is 28.2 Å². The normalized spacial score (nSPS) is 26.7. The third kappa shape index (κ3) is 2.70. The maximum absolute atomic E-state index is 13.8. The van der Waals surface area contributed by atoms with Gasteiger partial charge < -0.3 is 10.2 Å². The Morgan fingerprint density at radius 1 is 1.50 bits per heavy atom. The van der Waals surface area contributed by atoms with Crippen LogP contribution in [0.1, 0.15) is 12.0 Å². The van der Waals surface area contributed by atoms with Crippen molar-refractivity contribution in [3.8, 4) is 0 Å². The number of likely N-dealkylation sites (tertiary alicyclic amines) is 1. The van der Waals surface area contributed by atoms with Gasteiger partial charge in [-0.3, -0.25) is 4.98 Å². The first-order valence-electron chi connectivity index (χ1n) is 5.66. The van der Waals surface area contributed by atoms with Crippen molar-refractivity contribution in [1.82, 2.24) is 9.88 Å². The number of nitrogens with one attached hydrogen (secondary N) is 1. The van der Waals surface area contributed by atoms with Gasteiger partial charge in [0.2, 0.25) is 0 Å². The highest BCUT2D eigenvalue weighted by molar-refractivity contribution is 5.43. The van der Waals surface area contributed by atoms with Crippen molar-refractivity contribution < 1.29 is 4.39 Å². The Labute approximate surface area is 95.7 Å². The zero-order chi connectivity index (χ0) is 11.5. The summed E-state index contributed by atoms with van der Waals surface area (Å²) in [5, 5.41) is 3.23. The summed E-state index contributed by atoms with van der Waals surface area (Å²) in [5.41, 5.74) is 2.01. The van der Waals surface area contributed by atoms with Crippen LogP contribution >= 0.6 is 0 Å². The van der Waals surface area contributed by atoms with Gasteiger partial charge in [-0.2, -0.15) is 0 Å². The number of piperidine rings is 1. The average molecular weight is 223 g/mol. The Morgan fingerprint density at radius 2 is 2.31 bits per heavy atom. The molecule has 16 heavy (non-hydrogen) atoms. The molecule has 1 unspecified atom stereocenters. The number of hydrogen-bond acceptors (Lipinski definition) is 3. The van der Waals surface area contributed by atoms with Crippen molar-refractivity contribution in [3.63, 3.8) is 0 Å². The molecule has 0 amide bonds. The van der Waals surface area contributed by atoms with E-state index >= 15 is 0 Å². The standard InChI is InChI=1S/C12H18FN3/c1-9-5-10(7-14-6-9)15-12-3-4-16(2)8-11(12)13/h5-7,11-12,15H,3-4,8H2,1-2H3/t11-,12?/m0/s1. The van der Waals surface area contributed by atoms with E-state index < -0.39 is 6.17 Å². The summed E-state index contributed by atoms with van der Waals surface area (Å²) in [6.07, 6.45) is 3.58. The number of nitrogens with zero attached hydrogens (tertiary/aromatic N) is 2. The van der Waals surface area contributed by atoms with E-state index in [2.05, 4.69) is 10.3 Å². The molecule has 4 heteroatoms. The van der Waals surface area contributed by atoms with Crippen LogP contribution in [0.2, 0.25) is 0 Å². The molecule has 2 rings (SSSR count). The molecule has 1 saturated heterocycles. The minimum atomic E-state index is -0.806. The van der Waals surface area contributed by atoms with Gasteiger partial charge in [-0.25, -0.2) is 4.39 Å². The monoisotopic (exact) mass is 223 g/mol. The van der Waals surface area contributed by atoms with Crippen molar-refractivity contribution in [3.05, 3.63) is 24.0 Å². The van der Waals surface area contributed by atoms with E-state index in [-0.39, 0.29) is 6.04 Å². The predicted octanol–water partition coefficient (Wildman–Crippen LogP) is 1.84. The number of alkyl halides is 1. The van der Waals surface area contributed by atoms with Crippen LogP contribution in [0.4, 0.5) is 10.1 Å². The summed E-state index contributed by atoms with van der Waals surface area (Å²) in [5.74, 6) is 0. The Balaban J connectivity index is 1.99. The molecule has 3 nitrogen and oxygen atoms in total. The van der Waals surface area contributed by atoms with E-state index in [1.54, 1.807) is 12.4 Å². The molecule has 1 aromatic rings. The van der Waals surface area contributed by atoms with Gasteiger partial charge in [0.15, 0.2) is 0 Å². The smallest absolute Gasteiger partial charge is 0.133 e. The molecule has 0 aliphatic carbocycles. The van der Waals surface area contributed by atoms with Gasteiger partial charge in [0.1, 0.15) is 6.17 Å². The Hall–Kier alpha value is -1.16. The first-order chi connectivity index (χ1) is 7.65. The number of anilines is 1. The van der Waals surface area contributed by atoms with Gasteiger partial charge in [0.25, 0.3) is 0 Å². The van der Waals surface area contributed by atoms with Crippen LogP contribution in [-0.2, 0) is 0 Å². The highest BCUT2D eigenvalue weighted by Crippen LogP contribution is 2.18. The molecular formula is C12H18FN3. The van der Waals surface area contributed by atoms with Crippen LogP contribution in [0.25, 0.3) is 0 Å². The number of rotatable bonds is 2. The summed E-state index contributed by atoms with van der Waals surface area (Å²) in [6.45, 7) is 3.44. The van der Waals surface area contributed by atoms with Crippen molar-refractivity contribution in [2.75, 3.05) is 25.5 Å². The number of aromatic nitrogens is 1. The van der Waals surface area contributed by atoms with Crippen molar-refractivity contribution in [2.24, 2.45) is 0 Å². The van der Waals surface area contributed by atoms with Crippen LogP contribution in [0.15, 0.2) is 18.5 Å². The predicted molar refractivity (Wildman–Crippen MR) is 63.4 cm³/mol. The lowest BCUT2D eigenvalue weighted by molar-refractivity contribution is 0.149. The van der Waals surface area contributed by atoms with Crippen LogP contribution in [-0.4, -0.2) is 42.2 Å². The fourth-order valence-corrected chi connectivity index (χ4v) is 2.07. The van der Waals surface area contributed by atoms with Crippen LogP contribution in [0.5, 0.6) is 0 Å². The van der Waals surface area contributed by atoms with E-state index in [0.717, 1.165) is 24.2 Å². The van der Waals surface area contributed by atoms with E-state index in [9.17, 15) is 4.39 Å². The summed E-state index contributed by atoms with van der Waals surface area (Å²) in [6, 6.07) is 1.91. The van der Waals surface area contributed by atoms with Gasteiger partial charge in [0.05, 0.1) is 11.7 Å². The molecule has 0 aromatic carbocycles. The van der Waals surface area contributed by atoms with E-state index in [4.69, 9.17) is 0 Å². The Morgan fingerprint density at radius 3 is 3.00 bits per heavy atom. The zero-order valence-electron chi connectivity index (χ0n) is 9.78. The lowest BCUT2D eigenvalue weighted by Crippen LogP contribution is -2.46. The SMILES string of the molecule is Cc1cncc(NC2CCN(C)C[C@@H]2F)c1. The first-order valence-corrected chi connectivity index (χ1v) is 5.66. The average Bonchev–Trinajstić information content (AvgIpc) is 2.22. The quantitative estimate of drug-likeness (QED) is 0.829. The number of pyridine rings is 1. The molecule has 0 bridgehead atoms. The Kier molecular flexibility index (Phi) is 3.39. The van der Waals surface area contributed by atoms with Gasteiger partial charge >= 0.3 is 0 Å². The lowest BCUT2D eigenvalue weighted by atomic mass is 10.0. The molecule has 2 atom stereocenters. The maximum Gasteiger partial charge on any atom is 0.133 e. The molecule has 1 aliphatic rings. The zero-order valence-corrected chi connectivity index (χ0v) is 9.78. The number of halogens is 1. The van der Waals surface area contributed by atoms with Crippen LogP contribution in [0.3, 0.4) is 0 Å². The molecule has 1 aliphatic heterocycles. The molecule has 0 saturated carbocycles. The number of hydrogen-bond donors (Lipinski definition) is 1. The second-order valence-corrected chi connectivity index (χ2v) is 4.57. The second-order valence-electron chi connectivity index (χ2n) is 4.57. The van der Waals surface area contributed by atoms with Crippen molar-refractivity contribution in [1.29, 1.82) is 0 Å². The van der Waals surface area contributed by atoms with Crippen LogP contribution < -0.4 is 5.32 Å². The third-order valence-corrected chi connectivity index (χ3v) is 2.97. The molecule has 88 valence electrons. The highest BCUT2D eigenvalue weighted by Gasteiger charge is 2.27. The summed E-state index contributed by atoms with van der Waals surface area (Å²) in [4.78, 5) is 6.12. The lowest BCUT2D eigenvalue weighted by Gasteiger charge is -2.33. The molecule has 1 N–H and O–H groups in total. The molecule has 1 aromatic heterocycles. The summed E-state index contributed by atoms with van der Waals surface area (Å²) < 4.78 is 13.8. The van der Waals surface area contributed by atoms with Crippen molar-refractivity contribution in [2.45, 2.75) is 25.6 Å². The Bertz CT molecular complexity index is 356. The molecule has 2 heterocycles. The van der Waals surface area contributed by atoms with Gasteiger partial charge in [-0.05, 0) is 32.0 Å². The largest absolute Gasteiger partial charge is 0.378 e. The minimum Gasteiger partial charge on any atom is -0.378 e. The fourth-order valence-electron chi connectivity index (χ4n) is 2.07. The third-order valence-electron chi connectivity index (χ3n) is 2.97. The van der Waals surface area contributed by atoms with Crippen LogP contribution in [0, 0.1) is 6.92 Å².